The molecule has 0 aromatic carbocycles. The Hall–Kier alpha value is -1.36. The van der Waals surface area contributed by atoms with Gasteiger partial charge in [-0.3, -0.25) is 0 Å². The molecule has 0 saturated heterocycles. The molecule has 5 heteroatoms. The van der Waals surface area contributed by atoms with Gasteiger partial charge in [-0.25, -0.2) is 9.97 Å². The number of aromatic nitrogens is 3. The first-order valence-corrected chi connectivity index (χ1v) is 7.93. The van der Waals surface area contributed by atoms with Crippen molar-refractivity contribution in [1.29, 1.82) is 0 Å². The summed E-state index contributed by atoms with van der Waals surface area (Å²) >= 11 is 1.65. The standard InChI is InChI=1S/C14H20N4S/c1-11-8-18(13-4-2-3-5-13)14(17-11)15-7-6-12-9-19-10-16-12/h8-10,13H,2-7H2,1H3,(H,15,17). The van der Waals surface area contributed by atoms with E-state index in [2.05, 4.69) is 38.4 Å². The minimum atomic E-state index is 0.642. The van der Waals surface area contributed by atoms with Crippen LogP contribution in [-0.4, -0.2) is 21.1 Å². The fraction of sp³-hybridized carbons (Fsp3) is 0.571. The molecule has 0 aliphatic heterocycles. The quantitative estimate of drug-likeness (QED) is 0.910. The van der Waals surface area contributed by atoms with E-state index in [-0.39, 0.29) is 0 Å². The van der Waals surface area contributed by atoms with Crippen LogP contribution < -0.4 is 5.32 Å². The Labute approximate surface area is 117 Å². The van der Waals surface area contributed by atoms with Gasteiger partial charge in [-0.15, -0.1) is 11.3 Å². The largest absolute Gasteiger partial charge is 0.355 e. The van der Waals surface area contributed by atoms with E-state index in [4.69, 9.17) is 0 Å². The monoisotopic (exact) mass is 276 g/mol. The number of anilines is 1. The summed E-state index contributed by atoms with van der Waals surface area (Å²) in [4.78, 5) is 8.91. The highest BCUT2D eigenvalue weighted by atomic mass is 32.1. The molecule has 3 rings (SSSR count). The molecule has 19 heavy (non-hydrogen) atoms. The number of aryl methyl sites for hydroxylation is 1. The van der Waals surface area contributed by atoms with Gasteiger partial charge in [0.15, 0.2) is 0 Å². The molecule has 0 atom stereocenters. The van der Waals surface area contributed by atoms with E-state index in [0.29, 0.717) is 6.04 Å². The van der Waals surface area contributed by atoms with Crippen molar-refractivity contribution in [2.45, 2.75) is 45.1 Å². The molecule has 1 aliphatic carbocycles. The van der Waals surface area contributed by atoms with E-state index in [1.54, 1.807) is 11.3 Å². The van der Waals surface area contributed by atoms with Gasteiger partial charge in [0, 0.05) is 30.6 Å². The summed E-state index contributed by atoms with van der Waals surface area (Å²) in [7, 11) is 0. The van der Waals surface area contributed by atoms with Crippen molar-refractivity contribution in [3.05, 3.63) is 28.5 Å². The van der Waals surface area contributed by atoms with Crippen molar-refractivity contribution in [2.24, 2.45) is 0 Å². The van der Waals surface area contributed by atoms with Gasteiger partial charge in [0.2, 0.25) is 5.95 Å². The Morgan fingerprint density at radius 3 is 3.00 bits per heavy atom. The molecule has 4 nitrogen and oxygen atoms in total. The average molecular weight is 276 g/mol. The molecule has 0 bridgehead atoms. The fourth-order valence-corrected chi connectivity index (χ4v) is 3.36. The minimum Gasteiger partial charge on any atom is -0.355 e. The SMILES string of the molecule is Cc1cn(C2CCCC2)c(NCCc2cscn2)n1. The summed E-state index contributed by atoms with van der Waals surface area (Å²) in [5.41, 5.74) is 4.15. The molecule has 2 aromatic heterocycles. The number of hydrogen-bond acceptors (Lipinski definition) is 4. The molecular weight excluding hydrogens is 256 g/mol. The lowest BCUT2D eigenvalue weighted by atomic mass is 10.2. The zero-order chi connectivity index (χ0) is 13.1. The molecule has 2 aromatic rings. The van der Waals surface area contributed by atoms with E-state index in [1.165, 1.54) is 25.7 Å². The van der Waals surface area contributed by atoms with Crippen molar-refractivity contribution in [3.8, 4) is 0 Å². The lowest BCUT2D eigenvalue weighted by molar-refractivity contribution is 0.522. The fourth-order valence-electron chi connectivity index (χ4n) is 2.77. The van der Waals surface area contributed by atoms with Gasteiger partial charge in [-0.1, -0.05) is 12.8 Å². The molecule has 1 N–H and O–H groups in total. The lowest BCUT2D eigenvalue weighted by Gasteiger charge is -2.15. The van der Waals surface area contributed by atoms with Crippen LogP contribution in [0.2, 0.25) is 0 Å². The maximum Gasteiger partial charge on any atom is 0.203 e. The third-order valence-electron chi connectivity index (χ3n) is 3.72. The van der Waals surface area contributed by atoms with Crippen LogP contribution in [-0.2, 0) is 6.42 Å². The van der Waals surface area contributed by atoms with E-state index >= 15 is 0 Å². The number of nitrogens with one attached hydrogen (secondary N) is 1. The van der Waals surface area contributed by atoms with Crippen LogP contribution in [0.5, 0.6) is 0 Å². The lowest BCUT2D eigenvalue weighted by Crippen LogP contribution is -2.13. The molecule has 0 radical (unpaired) electrons. The van der Waals surface area contributed by atoms with Crippen LogP contribution in [0, 0.1) is 6.92 Å². The Morgan fingerprint density at radius 2 is 2.26 bits per heavy atom. The summed E-state index contributed by atoms with van der Waals surface area (Å²) in [6.45, 7) is 2.96. The third-order valence-corrected chi connectivity index (χ3v) is 4.35. The summed E-state index contributed by atoms with van der Waals surface area (Å²) in [6.07, 6.45) is 8.41. The highest BCUT2D eigenvalue weighted by Crippen LogP contribution is 2.32. The number of imidazole rings is 1. The Balaban J connectivity index is 1.63. The van der Waals surface area contributed by atoms with Crippen LogP contribution in [0.15, 0.2) is 17.1 Å². The number of hydrogen-bond donors (Lipinski definition) is 1. The van der Waals surface area contributed by atoms with Gasteiger partial charge < -0.3 is 9.88 Å². The minimum absolute atomic E-state index is 0.642. The first-order chi connectivity index (χ1) is 9.33. The maximum absolute atomic E-state index is 4.61. The van der Waals surface area contributed by atoms with Gasteiger partial charge in [0.25, 0.3) is 0 Å². The van der Waals surface area contributed by atoms with Gasteiger partial charge >= 0.3 is 0 Å². The number of thiazole rings is 1. The summed E-state index contributed by atoms with van der Waals surface area (Å²) in [6, 6.07) is 0.642. The van der Waals surface area contributed by atoms with E-state index in [1.807, 2.05) is 5.51 Å². The first-order valence-electron chi connectivity index (χ1n) is 6.99. The average Bonchev–Trinajstić information content (AvgIpc) is 3.09. The first kappa shape index (κ1) is 12.7. The normalized spacial score (nSPS) is 16.1. The summed E-state index contributed by atoms with van der Waals surface area (Å²) in [5, 5.41) is 5.57. The van der Waals surface area contributed by atoms with Crippen LogP contribution in [0.3, 0.4) is 0 Å². The van der Waals surface area contributed by atoms with Gasteiger partial charge in [0.05, 0.1) is 16.9 Å². The van der Waals surface area contributed by atoms with Crippen molar-refractivity contribution in [1.82, 2.24) is 14.5 Å². The number of rotatable bonds is 5. The maximum atomic E-state index is 4.61. The smallest absolute Gasteiger partial charge is 0.203 e. The summed E-state index contributed by atoms with van der Waals surface area (Å²) < 4.78 is 2.34. The molecule has 1 aliphatic rings. The Bertz CT molecular complexity index is 512. The van der Waals surface area contributed by atoms with Crippen LogP contribution in [0.4, 0.5) is 5.95 Å². The second kappa shape index (κ2) is 5.74. The highest BCUT2D eigenvalue weighted by Gasteiger charge is 2.19. The second-order valence-electron chi connectivity index (χ2n) is 5.21. The third kappa shape index (κ3) is 2.97. The number of nitrogens with zero attached hydrogens (tertiary/aromatic N) is 3. The highest BCUT2D eigenvalue weighted by molar-refractivity contribution is 7.07. The zero-order valence-corrected chi connectivity index (χ0v) is 12.1. The molecule has 0 unspecified atom stereocenters. The molecule has 0 spiro atoms. The van der Waals surface area contributed by atoms with Crippen molar-refractivity contribution in [3.63, 3.8) is 0 Å². The predicted molar refractivity (Wildman–Crippen MR) is 78.8 cm³/mol. The topological polar surface area (TPSA) is 42.7 Å². The van der Waals surface area contributed by atoms with Crippen molar-refractivity contribution in [2.75, 3.05) is 11.9 Å². The Kier molecular flexibility index (Phi) is 3.82. The summed E-state index contributed by atoms with van der Waals surface area (Å²) in [5.74, 6) is 1.03. The van der Waals surface area contributed by atoms with Crippen LogP contribution >= 0.6 is 11.3 Å². The Morgan fingerprint density at radius 1 is 1.42 bits per heavy atom. The van der Waals surface area contributed by atoms with Crippen molar-refractivity contribution < 1.29 is 0 Å². The zero-order valence-electron chi connectivity index (χ0n) is 11.3. The van der Waals surface area contributed by atoms with E-state index < -0.39 is 0 Å². The van der Waals surface area contributed by atoms with Gasteiger partial charge in [-0.2, -0.15) is 0 Å². The molecule has 1 fully saturated rings. The van der Waals surface area contributed by atoms with Gasteiger partial charge in [-0.05, 0) is 19.8 Å². The predicted octanol–water partition coefficient (Wildman–Crippen LogP) is 3.42. The molecule has 1 saturated carbocycles. The van der Waals surface area contributed by atoms with Crippen LogP contribution in [0.1, 0.15) is 43.1 Å². The second-order valence-corrected chi connectivity index (χ2v) is 5.93. The van der Waals surface area contributed by atoms with Crippen LogP contribution in [0.25, 0.3) is 0 Å². The molecule has 2 heterocycles. The van der Waals surface area contributed by atoms with Gasteiger partial charge in [0.1, 0.15) is 0 Å². The van der Waals surface area contributed by atoms with E-state index in [0.717, 1.165) is 30.3 Å². The van der Waals surface area contributed by atoms with E-state index in [9.17, 15) is 0 Å². The molecule has 102 valence electrons. The molecular formula is C14H20N4S. The molecule has 0 amide bonds. The van der Waals surface area contributed by atoms with Crippen molar-refractivity contribution >= 4 is 17.3 Å².